The Morgan fingerprint density at radius 2 is 1.17 bits per heavy atom. The molecular weight excluding hydrogens is 358 g/mol. The monoisotopic (exact) mass is 376 g/mol. The summed E-state index contributed by atoms with van der Waals surface area (Å²) in [5.74, 6) is -26.0. The molecule has 0 rings (SSSR count). The van der Waals surface area contributed by atoms with Crippen LogP contribution in [0.15, 0.2) is 0 Å². The predicted molar refractivity (Wildman–Crippen MR) is 67.5 cm³/mol. The number of unbranched alkanes of at least 4 members (excludes halogenated alkanes) is 6. The van der Waals surface area contributed by atoms with E-state index < -0.39 is 43.0 Å². The zero-order valence-electron chi connectivity index (χ0n) is 12.8. The molecule has 0 nitrogen and oxygen atoms in total. The molecule has 144 valence electrons. The molecule has 0 heterocycles. The zero-order valence-corrected chi connectivity index (χ0v) is 12.8. The van der Waals surface area contributed by atoms with E-state index in [0.29, 0.717) is 12.8 Å². The fourth-order valence-electron chi connectivity index (χ4n) is 1.86. The van der Waals surface area contributed by atoms with Gasteiger partial charge in [-0.3, -0.25) is 0 Å². The van der Waals surface area contributed by atoms with Crippen molar-refractivity contribution in [3.8, 4) is 0 Å². The fraction of sp³-hybridized carbons (Fsp3) is 0.857. The molecule has 0 amide bonds. The number of alkyl halides is 8. The van der Waals surface area contributed by atoms with Crippen LogP contribution in [0.5, 0.6) is 0 Å². The van der Waals surface area contributed by atoms with Crippen molar-refractivity contribution >= 4 is 0 Å². The third-order valence-electron chi connectivity index (χ3n) is 3.40. The molecule has 0 aromatic carbocycles. The van der Waals surface area contributed by atoms with E-state index in [1.807, 2.05) is 6.92 Å². The molecular formula is C14H18F10. The van der Waals surface area contributed by atoms with Gasteiger partial charge in [0.05, 0.1) is 0 Å². The lowest BCUT2D eigenvalue weighted by molar-refractivity contribution is -0.363. The van der Waals surface area contributed by atoms with Crippen molar-refractivity contribution in [3.63, 3.8) is 0 Å². The average molecular weight is 376 g/mol. The molecule has 0 saturated heterocycles. The highest BCUT2D eigenvalue weighted by molar-refractivity contribution is 5.11. The smallest absolute Gasteiger partial charge is 0.199 e. The maximum absolute atomic E-state index is 13.2. The molecule has 10 heteroatoms. The van der Waals surface area contributed by atoms with Gasteiger partial charge in [0, 0.05) is 6.42 Å². The van der Waals surface area contributed by atoms with Crippen molar-refractivity contribution in [2.75, 3.05) is 0 Å². The number of halogens is 10. The molecule has 0 aromatic rings. The first-order valence-corrected chi connectivity index (χ1v) is 7.29. The molecule has 0 saturated carbocycles. The van der Waals surface area contributed by atoms with Gasteiger partial charge in [0.15, 0.2) is 0 Å². The lowest BCUT2D eigenvalue weighted by atomic mass is 9.94. The van der Waals surface area contributed by atoms with Crippen LogP contribution in [0.2, 0.25) is 0 Å². The van der Waals surface area contributed by atoms with Gasteiger partial charge in [-0.25, -0.2) is 0 Å². The summed E-state index contributed by atoms with van der Waals surface area (Å²) < 4.78 is 127. The molecule has 0 atom stereocenters. The van der Waals surface area contributed by atoms with Gasteiger partial charge < -0.3 is 0 Å². The first kappa shape index (κ1) is 23.3. The molecule has 0 aliphatic carbocycles. The van der Waals surface area contributed by atoms with Crippen molar-refractivity contribution in [2.24, 2.45) is 0 Å². The molecule has 0 aromatic heterocycles. The summed E-state index contributed by atoms with van der Waals surface area (Å²) in [4.78, 5) is 0. The topological polar surface area (TPSA) is 0 Å². The molecule has 0 fully saturated rings. The minimum Gasteiger partial charge on any atom is -0.199 e. The van der Waals surface area contributed by atoms with Gasteiger partial charge in [-0.15, -0.1) is 0 Å². The second kappa shape index (κ2) is 8.60. The molecule has 0 bridgehead atoms. The van der Waals surface area contributed by atoms with Crippen LogP contribution in [0.4, 0.5) is 43.9 Å². The highest BCUT2D eigenvalue weighted by Crippen LogP contribution is 2.56. The molecule has 0 spiro atoms. The Bertz CT molecular complexity index is 365. The van der Waals surface area contributed by atoms with Crippen LogP contribution < -0.4 is 0 Å². The van der Waals surface area contributed by atoms with Crippen molar-refractivity contribution in [1.82, 2.24) is 0 Å². The Morgan fingerprint density at radius 1 is 0.708 bits per heavy atom. The van der Waals surface area contributed by atoms with Crippen LogP contribution in [-0.4, -0.2) is 23.7 Å². The largest absolute Gasteiger partial charge is 0.385 e. The Labute approximate surface area is 133 Å². The quantitative estimate of drug-likeness (QED) is 0.256. The Balaban J connectivity index is 4.80. The molecule has 0 aliphatic heterocycles. The van der Waals surface area contributed by atoms with Crippen molar-refractivity contribution in [3.05, 3.63) is 12.8 Å². The SMILES string of the molecule is CCCCCCCC[CH]C(F)(F)C(F)(F)C(F)(F)C(F)(F)[C](F)F. The Morgan fingerprint density at radius 3 is 1.62 bits per heavy atom. The van der Waals surface area contributed by atoms with Crippen LogP contribution in [0.25, 0.3) is 0 Å². The van der Waals surface area contributed by atoms with Gasteiger partial charge in [-0.05, 0) is 6.42 Å². The predicted octanol–water partition coefficient (Wildman–Crippen LogP) is 6.91. The lowest BCUT2D eigenvalue weighted by Gasteiger charge is -2.35. The summed E-state index contributed by atoms with van der Waals surface area (Å²) in [6.07, 6.45) is -2.13. The van der Waals surface area contributed by atoms with Gasteiger partial charge >= 0.3 is 30.1 Å². The van der Waals surface area contributed by atoms with Gasteiger partial charge in [0.1, 0.15) is 0 Å². The summed E-state index contributed by atoms with van der Waals surface area (Å²) in [6, 6.07) is 0. The second-order valence-corrected chi connectivity index (χ2v) is 5.37. The van der Waals surface area contributed by atoms with Crippen molar-refractivity contribution in [1.29, 1.82) is 0 Å². The summed E-state index contributed by atoms with van der Waals surface area (Å²) in [5.41, 5.74) is 0. The molecule has 0 unspecified atom stereocenters. The van der Waals surface area contributed by atoms with E-state index >= 15 is 0 Å². The van der Waals surface area contributed by atoms with Gasteiger partial charge in [0.2, 0.25) is 0 Å². The van der Waals surface area contributed by atoms with Crippen molar-refractivity contribution < 1.29 is 43.9 Å². The van der Waals surface area contributed by atoms with E-state index in [9.17, 15) is 43.9 Å². The average Bonchev–Trinajstić information content (AvgIpc) is 2.45. The molecule has 24 heavy (non-hydrogen) atoms. The van der Waals surface area contributed by atoms with Gasteiger partial charge in [-0.1, -0.05) is 45.4 Å². The fourth-order valence-corrected chi connectivity index (χ4v) is 1.86. The molecule has 0 aliphatic rings. The van der Waals surface area contributed by atoms with Crippen LogP contribution in [0.3, 0.4) is 0 Å². The minimum absolute atomic E-state index is 0.0407. The van der Waals surface area contributed by atoms with Crippen molar-refractivity contribution in [2.45, 2.75) is 75.6 Å². The summed E-state index contributed by atoms with van der Waals surface area (Å²) in [5, 5.41) is 0. The minimum atomic E-state index is -6.94. The number of rotatable bonds is 12. The number of hydrogen-bond acceptors (Lipinski definition) is 0. The summed E-state index contributed by atoms with van der Waals surface area (Å²) in [7, 11) is 0. The summed E-state index contributed by atoms with van der Waals surface area (Å²) >= 11 is 0. The van der Waals surface area contributed by atoms with E-state index in [-0.39, 0.29) is 6.42 Å². The van der Waals surface area contributed by atoms with E-state index in [2.05, 4.69) is 0 Å². The molecule has 2 radical (unpaired) electrons. The van der Waals surface area contributed by atoms with Crippen LogP contribution in [0.1, 0.15) is 51.9 Å². The lowest BCUT2D eigenvalue weighted by Crippen LogP contribution is -2.63. The number of hydrogen-bond donors (Lipinski definition) is 0. The maximum atomic E-state index is 13.2. The first-order chi connectivity index (χ1) is 10.8. The normalized spacial score (nSPS) is 14.5. The summed E-state index contributed by atoms with van der Waals surface area (Å²) in [6.45, 7) is 1.92. The van der Waals surface area contributed by atoms with Crippen LogP contribution in [0, 0.1) is 12.8 Å². The third kappa shape index (κ3) is 4.91. The highest BCUT2D eigenvalue weighted by Gasteiger charge is 2.83. The van der Waals surface area contributed by atoms with Gasteiger partial charge in [-0.2, -0.15) is 43.9 Å². The van der Waals surface area contributed by atoms with E-state index in [1.54, 1.807) is 0 Å². The third-order valence-corrected chi connectivity index (χ3v) is 3.40. The van der Waals surface area contributed by atoms with E-state index in [0.717, 1.165) is 19.3 Å². The Kier molecular flexibility index (Phi) is 8.35. The molecule has 0 N–H and O–H groups in total. The second-order valence-electron chi connectivity index (χ2n) is 5.37. The van der Waals surface area contributed by atoms with E-state index in [1.165, 1.54) is 0 Å². The Hall–Kier alpha value is -0.700. The van der Waals surface area contributed by atoms with Crippen LogP contribution >= 0.6 is 0 Å². The zero-order chi connectivity index (χ0) is 19.2. The van der Waals surface area contributed by atoms with Crippen LogP contribution in [-0.2, 0) is 0 Å². The highest BCUT2D eigenvalue weighted by atomic mass is 19.4. The standard InChI is InChI=1S/C14H18F10/c1-2-3-4-5-6-7-8-9-11(17,18)13(21,22)14(23,24)12(19,20)10(15)16/h9H,2-8H2,1H3. The van der Waals surface area contributed by atoms with Gasteiger partial charge in [0.25, 0.3) is 0 Å². The van der Waals surface area contributed by atoms with E-state index in [4.69, 9.17) is 0 Å². The maximum Gasteiger partial charge on any atom is 0.385 e. The first-order valence-electron chi connectivity index (χ1n) is 7.29.